The lowest BCUT2D eigenvalue weighted by Crippen LogP contribution is -2.29. The first-order valence-corrected chi connectivity index (χ1v) is 6.01. The van der Waals surface area contributed by atoms with Crippen LogP contribution in [0.3, 0.4) is 0 Å². The van der Waals surface area contributed by atoms with Gasteiger partial charge in [-0.05, 0) is 30.7 Å². The third kappa shape index (κ3) is 1.90. The quantitative estimate of drug-likeness (QED) is 0.767. The molecule has 1 aliphatic heterocycles. The Labute approximate surface area is 106 Å². The number of hydrogen-bond donors (Lipinski definition) is 0. The topological polar surface area (TPSA) is 38.3 Å². The standard InChI is InChI=1S/C14H15N3O/c1-10-3-4-15-12(7-10)11-8-13-14(16-9-11)17(2)5-6-18-13/h3-4,7-9H,5-6H2,1-2H3. The summed E-state index contributed by atoms with van der Waals surface area (Å²) in [5.41, 5.74) is 3.12. The van der Waals surface area contributed by atoms with Gasteiger partial charge in [0.25, 0.3) is 0 Å². The largest absolute Gasteiger partial charge is 0.488 e. The molecular weight excluding hydrogens is 226 g/mol. The minimum Gasteiger partial charge on any atom is -0.488 e. The van der Waals surface area contributed by atoms with Crippen molar-refractivity contribution >= 4 is 5.82 Å². The maximum atomic E-state index is 5.65. The van der Waals surface area contributed by atoms with Gasteiger partial charge in [0.05, 0.1) is 12.2 Å². The van der Waals surface area contributed by atoms with Crippen molar-refractivity contribution in [2.75, 3.05) is 25.1 Å². The van der Waals surface area contributed by atoms with E-state index in [-0.39, 0.29) is 0 Å². The van der Waals surface area contributed by atoms with Crippen LogP contribution < -0.4 is 9.64 Å². The molecule has 4 nitrogen and oxygen atoms in total. The van der Waals surface area contributed by atoms with Crippen molar-refractivity contribution in [3.63, 3.8) is 0 Å². The van der Waals surface area contributed by atoms with E-state index in [1.807, 2.05) is 31.6 Å². The third-order valence-electron chi connectivity index (χ3n) is 3.09. The van der Waals surface area contributed by atoms with E-state index in [2.05, 4.69) is 27.9 Å². The lowest BCUT2D eigenvalue weighted by molar-refractivity contribution is 0.309. The van der Waals surface area contributed by atoms with Gasteiger partial charge in [-0.25, -0.2) is 4.98 Å². The van der Waals surface area contributed by atoms with Gasteiger partial charge in [-0.1, -0.05) is 0 Å². The van der Waals surface area contributed by atoms with E-state index < -0.39 is 0 Å². The number of likely N-dealkylation sites (N-methyl/N-ethyl adjacent to an activating group) is 1. The summed E-state index contributed by atoms with van der Waals surface area (Å²) in [4.78, 5) is 10.9. The van der Waals surface area contributed by atoms with Crippen LogP contribution in [0.5, 0.6) is 5.75 Å². The average Bonchev–Trinajstić information content (AvgIpc) is 2.39. The van der Waals surface area contributed by atoms with E-state index in [0.717, 1.165) is 29.4 Å². The Morgan fingerprint density at radius 1 is 1.28 bits per heavy atom. The van der Waals surface area contributed by atoms with Gasteiger partial charge in [0.1, 0.15) is 6.61 Å². The number of anilines is 1. The summed E-state index contributed by atoms with van der Waals surface area (Å²) in [6.07, 6.45) is 3.67. The lowest BCUT2D eigenvalue weighted by Gasteiger charge is -2.26. The molecule has 0 saturated carbocycles. The van der Waals surface area contributed by atoms with E-state index in [0.29, 0.717) is 6.61 Å². The fourth-order valence-corrected chi connectivity index (χ4v) is 2.06. The molecule has 4 heteroatoms. The minimum atomic E-state index is 0.704. The Morgan fingerprint density at radius 3 is 3.00 bits per heavy atom. The molecule has 0 aliphatic carbocycles. The van der Waals surface area contributed by atoms with Crippen molar-refractivity contribution in [3.05, 3.63) is 36.2 Å². The molecule has 0 unspecified atom stereocenters. The molecule has 92 valence electrons. The van der Waals surface area contributed by atoms with E-state index in [1.54, 1.807) is 0 Å². The van der Waals surface area contributed by atoms with Gasteiger partial charge in [-0.15, -0.1) is 0 Å². The molecule has 0 radical (unpaired) electrons. The molecule has 0 amide bonds. The fourth-order valence-electron chi connectivity index (χ4n) is 2.06. The van der Waals surface area contributed by atoms with Crippen LogP contribution in [0.1, 0.15) is 5.56 Å². The summed E-state index contributed by atoms with van der Waals surface area (Å²) >= 11 is 0. The van der Waals surface area contributed by atoms with E-state index in [4.69, 9.17) is 4.74 Å². The molecule has 0 fully saturated rings. The molecule has 0 bridgehead atoms. The summed E-state index contributed by atoms with van der Waals surface area (Å²) in [6, 6.07) is 6.05. The van der Waals surface area contributed by atoms with Crippen molar-refractivity contribution in [3.8, 4) is 17.0 Å². The molecular formula is C14H15N3O. The first-order valence-electron chi connectivity index (χ1n) is 6.01. The zero-order chi connectivity index (χ0) is 12.5. The molecule has 0 aromatic carbocycles. The molecule has 18 heavy (non-hydrogen) atoms. The zero-order valence-electron chi connectivity index (χ0n) is 10.6. The van der Waals surface area contributed by atoms with Crippen LogP contribution in [0.2, 0.25) is 0 Å². The van der Waals surface area contributed by atoms with Crippen LogP contribution >= 0.6 is 0 Å². The van der Waals surface area contributed by atoms with Crippen LogP contribution in [0.25, 0.3) is 11.3 Å². The summed E-state index contributed by atoms with van der Waals surface area (Å²) < 4.78 is 5.65. The van der Waals surface area contributed by atoms with Crippen LogP contribution in [0.15, 0.2) is 30.6 Å². The summed E-state index contributed by atoms with van der Waals surface area (Å²) in [6.45, 7) is 3.64. The van der Waals surface area contributed by atoms with Gasteiger partial charge in [-0.3, -0.25) is 4.98 Å². The highest BCUT2D eigenvalue weighted by Crippen LogP contribution is 2.31. The highest BCUT2D eigenvalue weighted by molar-refractivity contribution is 5.66. The first kappa shape index (κ1) is 11.0. The minimum absolute atomic E-state index is 0.704. The highest BCUT2D eigenvalue weighted by atomic mass is 16.5. The number of aryl methyl sites for hydroxylation is 1. The van der Waals surface area contributed by atoms with Crippen molar-refractivity contribution in [2.24, 2.45) is 0 Å². The van der Waals surface area contributed by atoms with Crippen LogP contribution in [0, 0.1) is 6.92 Å². The Kier molecular flexibility index (Phi) is 2.63. The third-order valence-corrected chi connectivity index (χ3v) is 3.09. The summed E-state index contributed by atoms with van der Waals surface area (Å²) in [7, 11) is 2.03. The Balaban J connectivity index is 2.04. The van der Waals surface area contributed by atoms with Gasteiger partial charge in [-0.2, -0.15) is 0 Å². The second-order valence-electron chi connectivity index (χ2n) is 4.53. The highest BCUT2D eigenvalue weighted by Gasteiger charge is 2.17. The Bertz CT molecular complexity index is 583. The predicted molar refractivity (Wildman–Crippen MR) is 71.0 cm³/mol. The van der Waals surface area contributed by atoms with Crippen LogP contribution in [-0.4, -0.2) is 30.2 Å². The molecule has 1 aliphatic rings. The van der Waals surface area contributed by atoms with E-state index >= 15 is 0 Å². The number of hydrogen-bond acceptors (Lipinski definition) is 4. The molecule has 3 rings (SSSR count). The van der Waals surface area contributed by atoms with Gasteiger partial charge >= 0.3 is 0 Å². The average molecular weight is 241 g/mol. The van der Waals surface area contributed by atoms with E-state index in [1.165, 1.54) is 5.56 Å². The summed E-state index contributed by atoms with van der Waals surface area (Å²) in [5, 5.41) is 0. The Morgan fingerprint density at radius 2 is 2.17 bits per heavy atom. The van der Waals surface area contributed by atoms with Gasteiger partial charge in [0.15, 0.2) is 11.6 Å². The normalized spacial score (nSPS) is 14.0. The van der Waals surface area contributed by atoms with Crippen molar-refractivity contribution in [1.82, 2.24) is 9.97 Å². The van der Waals surface area contributed by atoms with Crippen LogP contribution in [0.4, 0.5) is 5.82 Å². The molecule has 2 aromatic rings. The molecule has 0 N–H and O–H groups in total. The van der Waals surface area contributed by atoms with E-state index in [9.17, 15) is 0 Å². The SMILES string of the molecule is Cc1ccnc(-c2cnc3c(c2)OCCN3C)c1. The number of aromatic nitrogens is 2. The number of ether oxygens (including phenoxy) is 1. The number of fused-ring (bicyclic) bond motifs is 1. The van der Waals surface area contributed by atoms with Crippen molar-refractivity contribution in [1.29, 1.82) is 0 Å². The predicted octanol–water partition coefficient (Wildman–Crippen LogP) is 2.28. The van der Waals surface area contributed by atoms with Gasteiger partial charge in [0, 0.05) is 25.0 Å². The second-order valence-corrected chi connectivity index (χ2v) is 4.53. The molecule has 2 aromatic heterocycles. The van der Waals surface area contributed by atoms with Crippen molar-refractivity contribution in [2.45, 2.75) is 6.92 Å². The van der Waals surface area contributed by atoms with Crippen LogP contribution in [-0.2, 0) is 0 Å². The number of pyridine rings is 2. The second kappa shape index (κ2) is 4.29. The Hall–Kier alpha value is -2.10. The first-order chi connectivity index (χ1) is 8.74. The maximum Gasteiger partial charge on any atom is 0.171 e. The van der Waals surface area contributed by atoms with Crippen molar-refractivity contribution < 1.29 is 4.74 Å². The number of rotatable bonds is 1. The van der Waals surface area contributed by atoms with Gasteiger partial charge < -0.3 is 9.64 Å². The molecule has 0 spiro atoms. The fraction of sp³-hybridized carbons (Fsp3) is 0.286. The number of nitrogens with zero attached hydrogens (tertiary/aromatic N) is 3. The maximum absolute atomic E-state index is 5.65. The lowest BCUT2D eigenvalue weighted by atomic mass is 10.1. The molecule has 0 atom stereocenters. The molecule has 0 saturated heterocycles. The monoisotopic (exact) mass is 241 g/mol. The summed E-state index contributed by atoms with van der Waals surface area (Å²) in [5.74, 6) is 1.74. The van der Waals surface area contributed by atoms with Gasteiger partial charge in [0.2, 0.25) is 0 Å². The molecule has 3 heterocycles. The smallest absolute Gasteiger partial charge is 0.171 e. The zero-order valence-corrected chi connectivity index (χ0v) is 10.6.